The Hall–Kier alpha value is -2.44. The Morgan fingerprint density at radius 1 is 1.29 bits per heavy atom. The molecule has 1 N–H and O–H groups in total. The number of rotatable bonds is 4. The number of benzene rings is 1. The molecule has 0 spiro atoms. The van der Waals surface area contributed by atoms with Crippen LogP contribution >= 0.6 is 0 Å². The maximum absolute atomic E-state index is 11.7. The van der Waals surface area contributed by atoms with E-state index in [0.717, 1.165) is 0 Å². The van der Waals surface area contributed by atoms with Crippen LogP contribution in [0.5, 0.6) is 17.2 Å². The molecule has 0 bridgehead atoms. The topological polar surface area (TPSA) is 78.4 Å². The summed E-state index contributed by atoms with van der Waals surface area (Å²) in [5.41, 5.74) is 3.30. The largest absolute Gasteiger partial charge is 0.496 e. The summed E-state index contributed by atoms with van der Waals surface area (Å²) in [5.74, 6) is 1.78. The van der Waals surface area contributed by atoms with E-state index in [1.54, 1.807) is 40.2 Å². The minimum Gasteiger partial charge on any atom is -0.496 e. The molecule has 0 saturated carbocycles. The minimum atomic E-state index is -0.601. The normalized spacial score (nSPS) is 17.0. The van der Waals surface area contributed by atoms with Crippen molar-refractivity contribution in [3.63, 3.8) is 0 Å². The third kappa shape index (κ3) is 4.10. The summed E-state index contributed by atoms with van der Waals surface area (Å²) in [5, 5.41) is 4.23. The van der Waals surface area contributed by atoms with Crippen molar-refractivity contribution in [2.75, 3.05) is 14.2 Å². The molecule has 7 nitrogen and oxygen atoms in total. The van der Waals surface area contributed by atoms with Gasteiger partial charge in [0.15, 0.2) is 0 Å². The Morgan fingerprint density at radius 3 is 2.58 bits per heavy atom. The van der Waals surface area contributed by atoms with Crippen molar-refractivity contribution >= 4 is 11.8 Å². The summed E-state index contributed by atoms with van der Waals surface area (Å²) in [6, 6.07) is 3.53. The van der Waals surface area contributed by atoms with Crippen LogP contribution in [0.15, 0.2) is 17.2 Å². The number of amides is 1. The Bertz CT molecular complexity index is 653. The van der Waals surface area contributed by atoms with E-state index in [-0.39, 0.29) is 6.10 Å². The molecule has 1 aromatic carbocycles. The van der Waals surface area contributed by atoms with Crippen molar-refractivity contribution in [2.24, 2.45) is 5.10 Å². The average molecular weight is 336 g/mol. The van der Waals surface area contributed by atoms with Crippen LogP contribution in [0.2, 0.25) is 0 Å². The Balaban J connectivity index is 2.42. The zero-order valence-electron chi connectivity index (χ0n) is 14.9. The molecule has 7 heteroatoms. The van der Waals surface area contributed by atoms with E-state index in [0.29, 0.717) is 34.9 Å². The van der Waals surface area contributed by atoms with Gasteiger partial charge in [-0.25, -0.2) is 10.2 Å². The first-order valence-electron chi connectivity index (χ1n) is 7.74. The van der Waals surface area contributed by atoms with Gasteiger partial charge in [-0.15, -0.1) is 0 Å². The molecule has 0 radical (unpaired) electrons. The molecule has 0 fully saturated rings. The van der Waals surface area contributed by atoms with Crippen molar-refractivity contribution in [3.8, 4) is 17.2 Å². The fourth-order valence-electron chi connectivity index (χ4n) is 2.48. The van der Waals surface area contributed by atoms with Gasteiger partial charge in [0, 0.05) is 18.6 Å². The second-order valence-electron chi connectivity index (χ2n) is 6.37. The van der Waals surface area contributed by atoms with Crippen molar-refractivity contribution in [1.29, 1.82) is 0 Å². The number of hydrazone groups is 1. The van der Waals surface area contributed by atoms with Crippen LogP contribution in [0.3, 0.4) is 0 Å². The smallest absolute Gasteiger partial charge is 0.427 e. The molecule has 132 valence electrons. The van der Waals surface area contributed by atoms with Crippen LogP contribution in [-0.4, -0.2) is 37.7 Å². The maximum atomic E-state index is 11.7. The van der Waals surface area contributed by atoms with Crippen molar-refractivity contribution in [1.82, 2.24) is 5.43 Å². The Kier molecular flexibility index (Phi) is 5.21. The summed E-state index contributed by atoms with van der Waals surface area (Å²) >= 11 is 0. The first kappa shape index (κ1) is 17.9. The fraction of sp³-hybridized carbons (Fsp3) is 0.529. The van der Waals surface area contributed by atoms with E-state index >= 15 is 0 Å². The second-order valence-corrected chi connectivity index (χ2v) is 6.37. The monoisotopic (exact) mass is 336 g/mol. The molecular formula is C17H24N2O5. The Labute approximate surface area is 141 Å². The molecule has 0 unspecified atom stereocenters. The lowest BCUT2D eigenvalue weighted by atomic mass is 9.91. The quantitative estimate of drug-likeness (QED) is 0.855. The average Bonchev–Trinajstić information content (AvgIpc) is 2.49. The van der Waals surface area contributed by atoms with Crippen LogP contribution in [-0.2, 0) is 4.74 Å². The summed E-state index contributed by atoms with van der Waals surface area (Å²) in [7, 11) is 3.14. The van der Waals surface area contributed by atoms with E-state index in [2.05, 4.69) is 10.5 Å². The molecule has 0 saturated heterocycles. The van der Waals surface area contributed by atoms with Gasteiger partial charge >= 0.3 is 6.09 Å². The molecule has 24 heavy (non-hydrogen) atoms. The second kappa shape index (κ2) is 6.98. The lowest BCUT2D eigenvalue weighted by molar-refractivity contribution is 0.108. The van der Waals surface area contributed by atoms with E-state index in [4.69, 9.17) is 18.9 Å². The predicted molar refractivity (Wildman–Crippen MR) is 90.2 cm³/mol. The SMILES string of the molecule is COc1cc(OC)c2c(c1)OC(C)(C)C/C2=N\NC(=O)OC(C)C. The third-order valence-electron chi connectivity index (χ3n) is 3.39. The lowest BCUT2D eigenvalue weighted by Crippen LogP contribution is -2.37. The van der Waals surface area contributed by atoms with Gasteiger partial charge in [0.1, 0.15) is 22.8 Å². The number of ether oxygens (including phenoxy) is 4. The highest BCUT2D eigenvalue weighted by molar-refractivity contribution is 6.07. The summed E-state index contributed by atoms with van der Waals surface area (Å²) in [6.45, 7) is 7.44. The molecule has 1 aliphatic heterocycles. The van der Waals surface area contributed by atoms with E-state index < -0.39 is 11.7 Å². The number of nitrogens with one attached hydrogen (secondary N) is 1. The molecule has 0 atom stereocenters. The number of methoxy groups -OCH3 is 2. The van der Waals surface area contributed by atoms with Gasteiger partial charge in [-0.1, -0.05) is 0 Å². The first-order valence-corrected chi connectivity index (χ1v) is 7.74. The fourth-order valence-corrected chi connectivity index (χ4v) is 2.48. The number of carbonyl (C=O) groups excluding carboxylic acids is 1. The van der Waals surface area contributed by atoms with E-state index in [9.17, 15) is 4.79 Å². The highest BCUT2D eigenvalue weighted by Gasteiger charge is 2.34. The highest BCUT2D eigenvalue weighted by atomic mass is 16.6. The van der Waals surface area contributed by atoms with Gasteiger partial charge in [-0.05, 0) is 27.7 Å². The number of fused-ring (bicyclic) bond motifs is 1. The standard InChI is InChI=1S/C17H24N2O5/c1-10(2)23-16(20)19-18-12-9-17(3,4)24-14-8-11(21-5)7-13(22-6)15(12)14/h7-8,10H,9H2,1-6H3,(H,19,20)/b18-12+. The minimum absolute atomic E-state index is 0.220. The number of hydrogen-bond donors (Lipinski definition) is 1. The molecule has 1 aliphatic rings. The third-order valence-corrected chi connectivity index (χ3v) is 3.39. The summed E-state index contributed by atoms with van der Waals surface area (Å²) in [4.78, 5) is 11.7. The van der Waals surface area contributed by atoms with Crippen molar-refractivity contribution < 1.29 is 23.7 Å². The molecule has 0 aliphatic carbocycles. The van der Waals surface area contributed by atoms with Crippen LogP contribution in [0.1, 0.15) is 39.7 Å². The van der Waals surface area contributed by atoms with Crippen molar-refractivity contribution in [2.45, 2.75) is 45.8 Å². The molecular weight excluding hydrogens is 312 g/mol. The van der Waals surface area contributed by atoms with E-state index in [1.165, 1.54) is 0 Å². The number of nitrogens with zero attached hydrogens (tertiary/aromatic N) is 1. The zero-order chi connectivity index (χ0) is 17.9. The molecule has 1 amide bonds. The molecule has 2 rings (SSSR count). The van der Waals surface area contributed by atoms with Gasteiger partial charge < -0.3 is 18.9 Å². The summed E-state index contributed by atoms with van der Waals surface area (Å²) < 4.78 is 21.8. The van der Waals surface area contributed by atoms with Crippen LogP contribution in [0.25, 0.3) is 0 Å². The maximum Gasteiger partial charge on any atom is 0.427 e. The first-order chi connectivity index (χ1) is 11.3. The molecule has 0 aromatic heterocycles. The predicted octanol–water partition coefficient (Wildman–Crippen LogP) is 3.10. The van der Waals surface area contributed by atoms with Crippen LogP contribution in [0, 0.1) is 0 Å². The lowest BCUT2D eigenvalue weighted by Gasteiger charge is -2.34. The molecule has 1 aromatic rings. The highest BCUT2D eigenvalue weighted by Crippen LogP contribution is 2.41. The Morgan fingerprint density at radius 2 is 2.00 bits per heavy atom. The summed E-state index contributed by atoms with van der Waals surface area (Å²) in [6.07, 6.45) is -0.316. The van der Waals surface area contributed by atoms with E-state index in [1.807, 2.05) is 13.8 Å². The van der Waals surface area contributed by atoms with Gasteiger partial charge in [0.2, 0.25) is 0 Å². The van der Waals surface area contributed by atoms with Crippen LogP contribution in [0.4, 0.5) is 4.79 Å². The zero-order valence-corrected chi connectivity index (χ0v) is 14.9. The van der Waals surface area contributed by atoms with Crippen molar-refractivity contribution in [3.05, 3.63) is 17.7 Å². The van der Waals surface area contributed by atoms with Crippen LogP contribution < -0.4 is 19.6 Å². The number of carbonyl (C=O) groups is 1. The van der Waals surface area contributed by atoms with Gasteiger partial charge in [-0.2, -0.15) is 5.10 Å². The molecule has 1 heterocycles. The van der Waals surface area contributed by atoms with Gasteiger partial charge in [-0.3, -0.25) is 0 Å². The number of hydrogen-bond acceptors (Lipinski definition) is 6. The van der Waals surface area contributed by atoms with Gasteiger partial charge in [0.05, 0.1) is 31.6 Å². The van der Waals surface area contributed by atoms with Gasteiger partial charge in [0.25, 0.3) is 0 Å².